The number of hydrogen-bond acceptors (Lipinski definition) is 10. The summed E-state index contributed by atoms with van der Waals surface area (Å²) in [6.45, 7) is 11.9. The monoisotopic (exact) mass is 839 g/mol. The number of nitrogens with two attached hydrogens (primary N) is 1. The van der Waals surface area contributed by atoms with Gasteiger partial charge in [-0.15, -0.1) is 0 Å². The maximum Gasteiger partial charge on any atom is 0.258 e. The summed E-state index contributed by atoms with van der Waals surface area (Å²) in [4.78, 5) is 27.3. The molecule has 0 bridgehead atoms. The molecule has 2 aliphatic heterocycles. The van der Waals surface area contributed by atoms with Gasteiger partial charge in [-0.3, -0.25) is 15.0 Å². The van der Waals surface area contributed by atoms with Crippen molar-refractivity contribution in [2.45, 2.75) is 155 Å². The Morgan fingerprint density at radius 3 is 2.37 bits per heavy atom. The second-order valence-corrected chi connectivity index (χ2v) is 18.4. The first kappa shape index (κ1) is 49.1. The topological polar surface area (TPSA) is 241 Å². The molecule has 3 fully saturated rings. The van der Waals surface area contributed by atoms with Gasteiger partial charge in [0, 0.05) is 29.8 Å². The van der Waals surface area contributed by atoms with E-state index < -0.39 is 53.7 Å². The van der Waals surface area contributed by atoms with Crippen LogP contribution in [-0.4, -0.2) is 114 Å². The zero-order chi connectivity index (χ0) is 44.5. The molecule has 13 unspecified atom stereocenters. The number of ketones is 1. The first-order valence-corrected chi connectivity index (χ1v) is 22.1. The Morgan fingerprint density at radius 1 is 1.00 bits per heavy atom. The van der Waals surface area contributed by atoms with Gasteiger partial charge in [-0.25, -0.2) is 0 Å². The van der Waals surface area contributed by atoms with Crippen LogP contribution in [0.4, 0.5) is 0 Å². The number of fused-ring (bicyclic) bond motifs is 1. The van der Waals surface area contributed by atoms with Crippen LogP contribution in [0, 0.1) is 40.4 Å². The fourth-order valence-electron chi connectivity index (χ4n) is 10.1. The number of nitrogens with one attached hydrogen (secondary N) is 2. The molecule has 0 aromatic heterocycles. The van der Waals surface area contributed by atoms with Crippen molar-refractivity contribution in [3.8, 4) is 0 Å². The van der Waals surface area contributed by atoms with Crippen LogP contribution in [0.1, 0.15) is 112 Å². The lowest BCUT2D eigenvalue weighted by Crippen LogP contribution is -2.50. The summed E-state index contributed by atoms with van der Waals surface area (Å²) in [7, 11) is 0. The van der Waals surface area contributed by atoms with Crippen molar-refractivity contribution in [2.75, 3.05) is 13.1 Å². The molecule has 13 atom stereocenters. The van der Waals surface area contributed by atoms with E-state index in [-0.39, 0.29) is 65.9 Å². The van der Waals surface area contributed by atoms with E-state index in [9.17, 15) is 45.3 Å². The van der Waals surface area contributed by atoms with E-state index in [1.165, 1.54) is 0 Å². The van der Waals surface area contributed by atoms with Crippen molar-refractivity contribution in [1.29, 1.82) is 5.41 Å². The fourth-order valence-corrected chi connectivity index (χ4v) is 10.1. The van der Waals surface area contributed by atoms with Crippen molar-refractivity contribution in [1.82, 2.24) is 10.2 Å². The summed E-state index contributed by atoms with van der Waals surface area (Å²) >= 11 is 0. The SMILES string of the molecule is CC(=CCC(O)CC1CCCN1C(=N)N)C(O)CC=CC(O)C(C)C=CC(O)CC=C(C)C(O)C(C)CCC1C(C)=CC2C(O)CCCC2C1(C)C(O)=C1C(=O)CNC1=O. The van der Waals surface area contributed by atoms with Crippen molar-refractivity contribution < 1.29 is 45.3 Å². The number of carbonyl (C=O) groups is 2. The van der Waals surface area contributed by atoms with Gasteiger partial charge in [-0.05, 0) is 114 Å². The van der Waals surface area contributed by atoms with Crippen molar-refractivity contribution in [2.24, 2.45) is 40.7 Å². The minimum Gasteiger partial charge on any atom is -0.511 e. The zero-order valence-electron chi connectivity index (χ0n) is 36.6. The molecule has 336 valence electrons. The van der Waals surface area contributed by atoms with E-state index in [4.69, 9.17) is 11.1 Å². The number of guanidine groups is 1. The molecule has 2 aliphatic carbocycles. The number of aliphatic hydroxyl groups excluding tert-OH is 7. The lowest BCUT2D eigenvalue weighted by atomic mass is 9.52. The minimum atomic E-state index is -0.954. The van der Waals surface area contributed by atoms with Gasteiger partial charge >= 0.3 is 0 Å². The van der Waals surface area contributed by atoms with E-state index in [1.807, 2.05) is 51.7 Å². The summed E-state index contributed by atoms with van der Waals surface area (Å²) in [5.74, 6) is -2.23. The third kappa shape index (κ3) is 12.1. The molecule has 4 rings (SSSR count). The Balaban J connectivity index is 1.27. The first-order valence-electron chi connectivity index (χ1n) is 22.1. The number of hydrogen-bond donors (Lipinski definition) is 10. The number of likely N-dealkylation sites (tertiary alicyclic amines) is 1. The molecule has 13 heteroatoms. The molecule has 1 saturated carbocycles. The van der Waals surface area contributed by atoms with Gasteiger partial charge in [-0.2, -0.15) is 0 Å². The smallest absolute Gasteiger partial charge is 0.258 e. The van der Waals surface area contributed by atoms with Crippen molar-refractivity contribution >= 4 is 17.6 Å². The van der Waals surface area contributed by atoms with E-state index >= 15 is 0 Å². The highest BCUT2D eigenvalue weighted by Crippen LogP contribution is 2.58. The number of nitrogens with zero attached hydrogens (tertiary/aromatic N) is 1. The molecule has 2 heterocycles. The molecule has 11 N–H and O–H groups in total. The van der Waals surface area contributed by atoms with Gasteiger partial charge in [0.05, 0.1) is 43.2 Å². The lowest BCUT2D eigenvalue weighted by molar-refractivity contribution is -0.118. The average Bonchev–Trinajstić information content (AvgIpc) is 3.82. The van der Waals surface area contributed by atoms with E-state index in [2.05, 4.69) is 11.4 Å². The molecule has 0 radical (unpaired) electrons. The molecule has 60 heavy (non-hydrogen) atoms. The Kier molecular flexibility index (Phi) is 18.0. The number of amides is 1. The second-order valence-electron chi connectivity index (χ2n) is 18.4. The number of allylic oxidation sites excluding steroid dienone is 2. The number of rotatable bonds is 19. The van der Waals surface area contributed by atoms with E-state index in [1.54, 1.807) is 31.2 Å². The molecule has 1 amide bonds. The fraction of sp³-hybridized carbons (Fsp3) is 0.681. The van der Waals surface area contributed by atoms with Crippen LogP contribution in [-0.2, 0) is 9.59 Å². The minimum absolute atomic E-state index is 0.0326. The Morgan fingerprint density at radius 2 is 1.70 bits per heavy atom. The summed E-state index contributed by atoms with van der Waals surface area (Å²) < 4.78 is 0. The highest BCUT2D eigenvalue weighted by atomic mass is 16.3. The zero-order valence-corrected chi connectivity index (χ0v) is 36.6. The maximum absolute atomic E-state index is 12.8. The third-order valence-electron chi connectivity index (χ3n) is 14.0. The lowest BCUT2D eigenvalue weighted by Gasteiger charge is -2.53. The Bertz CT molecular complexity index is 1680. The van der Waals surface area contributed by atoms with Crippen LogP contribution in [0.25, 0.3) is 0 Å². The van der Waals surface area contributed by atoms with Crippen LogP contribution in [0.2, 0.25) is 0 Å². The largest absolute Gasteiger partial charge is 0.511 e. The molecule has 2 saturated heterocycles. The normalized spacial score (nSPS) is 31.1. The highest BCUT2D eigenvalue weighted by Gasteiger charge is 2.55. The molecule has 13 nitrogen and oxygen atoms in total. The average molecular weight is 839 g/mol. The van der Waals surface area contributed by atoms with Gasteiger partial charge < -0.3 is 51.7 Å². The van der Waals surface area contributed by atoms with Gasteiger partial charge in [0.15, 0.2) is 11.7 Å². The summed E-state index contributed by atoms with van der Waals surface area (Å²) in [5, 5.41) is 86.9. The quantitative estimate of drug-likeness (QED) is 0.0215. The molecular formula is C47H74N4O9. The van der Waals surface area contributed by atoms with Gasteiger partial charge in [0.1, 0.15) is 11.3 Å². The van der Waals surface area contributed by atoms with Gasteiger partial charge in [0.25, 0.3) is 5.91 Å². The number of carbonyl (C=O) groups excluding carboxylic acids is 2. The van der Waals surface area contributed by atoms with Crippen molar-refractivity contribution in [3.05, 3.63) is 70.6 Å². The third-order valence-corrected chi connectivity index (χ3v) is 14.0. The molecule has 0 aromatic carbocycles. The van der Waals surface area contributed by atoms with Crippen LogP contribution in [0.5, 0.6) is 0 Å². The van der Waals surface area contributed by atoms with Crippen LogP contribution >= 0.6 is 0 Å². The summed E-state index contributed by atoms with van der Waals surface area (Å²) in [6.07, 6.45) is 14.7. The maximum atomic E-state index is 12.8. The number of aliphatic hydroxyl groups is 7. The molecule has 0 spiro atoms. The molecular weight excluding hydrogens is 765 g/mol. The standard InChI is InChI=1S/C47H74N4O9/c1-27(38(54)12-8-13-39(55)28(2)16-21-34(53)25-32-10-9-23-51(32)46(48)49)15-19-33(52)20-17-29(3)43(58)30(4)18-22-36-31(5)24-35-37(11-7-14-40(35)56)47(36,6)44(59)42-41(57)26-50-45(42)60/h8,12,15-17,19,24,27,30,32-40,43,52-56,58-59H,7,9-11,13-14,18,20-23,25-26H2,1-6H3,(H3,48,49)(H,50,60). The summed E-state index contributed by atoms with van der Waals surface area (Å²) in [6, 6.07) is 0.0545. The van der Waals surface area contributed by atoms with Crippen LogP contribution < -0.4 is 11.1 Å². The molecule has 4 aliphatic rings. The highest BCUT2D eigenvalue weighted by molar-refractivity contribution is 6.25. The predicted molar refractivity (Wildman–Crippen MR) is 233 cm³/mol. The molecule has 0 aromatic rings. The Hall–Kier alpha value is -3.59. The summed E-state index contributed by atoms with van der Waals surface area (Å²) in [5.41, 5.74) is 6.95. The van der Waals surface area contributed by atoms with Crippen LogP contribution in [0.15, 0.2) is 70.6 Å². The predicted octanol–water partition coefficient (Wildman–Crippen LogP) is 4.64. The first-order chi connectivity index (χ1) is 28.3. The Labute approximate surface area is 357 Å². The van der Waals surface area contributed by atoms with Crippen LogP contribution in [0.3, 0.4) is 0 Å². The number of Topliss-reactive ketones (excluding diaryl/α,β-unsaturated/α-hetero) is 1. The van der Waals surface area contributed by atoms with Crippen molar-refractivity contribution in [3.63, 3.8) is 0 Å². The van der Waals surface area contributed by atoms with Gasteiger partial charge in [0.2, 0.25) is 0 Å². The van der Waals surface area contributed by atoms with E-state index in [0.29, 0.717) is 44.1 Å². The second kappa shape index (κ2) is 22.0. The van der Waals surface area contributed by atoms with E-state index in [0.717, 1.165) is 43.4 Å². The van der Waals surface area contributed by atoms with Gasteiger partial charge in [-0.1, -0.05) is 75.3 Å².